The molecule has 2 N–H and O–H groups in total. The highest BCUT2D eigenvalue weighted by molar-refractivity contribution is 7.10. The van der Waals surface area contributed by atoms with E-state index in [1.807, 2.05) is 19.9 Å². The van der Waals surface area contributed by atoms with Crippen molar-refractivity contribution in [3.05, 3.63) is 16.1 Å². The molecular weight excluding hydrogens is 447 g/mol. The minimum Gasteiger partial charge on any atom is -0.356 e. The van der Waals surface area contributed by atoms with Crippen molar-refractivity contribution < 1.29 is 27.6 Å². The van der Waals surface area contributed by atoms with Gasteiger partial charge in [-0.25, -0.2) is 4.98 Å². The summed E-state index contributed by atoms with van der Waals surface area (Å²) >= 11 is 0.332. The van der Waals surface area contributed by atoms with E-state index in [1.165, 1.54) is 4.90 Å². The third-order valence-corrected chi connectivity index (χ3v) is 7.75. The van der Waals surface area contributed by atoms with E-state index in [4.69, 9.17) is 0 Å². The van der Waals surface area contributed by atoms with Crippen LogP contribution in [-0.4, -0.2) is 52.8 Å². The van der Waals surface area contributed by atoms with Crippen molar-refractivity contribution in [2.75, 3.05) is 13.1 Å². The Balaban J connectivity index is 1.51. The molecule has 1 aromatic rings. The zero-order chi connectivity index (χ0) is 23.4. The lowest BCUT2D eigenvalue weighted by Crippen LogP contribution is -2.52. The van der Waals surface area contributed by atoms with Crippen LogP contribution in [0, 0.1) is 34.5 Å². The van der Waals surface area contributed by atoms with Gasteiger partial charge in [0.15, 0.2) is 5.01 Å². The Kier molecular flexibility index (Phi) is 5.43. The number of rotatable bonds is 5. The highest BCUT2D eigenvalue weighted by Gasteiger charge is 2.69. The van der Waals surface area contributed by atoms with E-state index in [0.29, 0.717) is 24.3 Å². The Bertz CT molecular complexity index is 1000. The number of alkyl halides is 3. The first-order chi connectivity index (χ1) is 14.9. The molecule has 0 radical (unpaired) electrons. The van der Waals surface area contributed by atoms with Gasteiger partial charge in [0.25, 0.3) is 5.91 Å². The van der Waals surface area contributed by atoms with Crippen molar-refractivity contribution in [2.24, 2.45) is 23.2 Å². The molecule has 2 aliphatic heterocycles. The number of nitriles is 1. The number of aromatic nitrogens is 1. The number of nitrogens with one attached hydrogen (secondary N) is 2. The highest BCUT2D eigenvalue weighted by atomic mass is 32.1. The van der Waals surface area contributed by atoms with Crippen LogP contribution in [-0.2, 0) is 15.8 Å². The number of nitrogens with zero attached hydrogens (tertiary/aromatic N) is 3. The minimum atomic E-state index is -4.65. The number of halogens is 3. The molecule has 3 fully saturated rings. The number of hydrogen-bond acceptors (Lipinski definition) is 6. The van der Waals surface area contributed by atoms with Crippen LogP contribution in [0.2, 0.25) is 0 Å². The third-order valence-electron chi connectivity index (χ3n) is 6.86. The van der Waals surface area contributed by atoms with Crippen LogP contribution in [0.3, 0.4) is 0 Å². The molecule has 8 nitrogen and oxygen atoms in total. The molecule has 172 valence electrons. The van der Waals surface area contributed by atoms with Crippen LogP contribution in [0.1, 0.15) is 42.2 Å². The van der Waals surface area contributed by atoms with Crippen molar-refractivity contribution in [3.8, 4) is 6.07 Å². The molecule has 3 heterocycles. The van der Waals surface area contributed by atoms with Gasteiger partial charge in [-0.3, -0.25) is 14.4 Å². The Morgan fingerprint density at radius 3 is 2.75 bits per heavy atom. The van der Waals surface area contributed by atoms with E-state index in [-0.39, 0.29) is 47.7 Å². The van der Waals surface area contributed by atoms with Crippen LogP contribution in [0.25, 0.3) is 0 Å². The number of piperidine rings is 1. The Morgan fingerprint density at radius 1 is 1.47 bits per heavy atom. The first-order valence-electron chi connectivity index (χ1n) is 10.3. The van der Waals surface area contributed by atoms with Crippen molar-refractivity contribution >= 4 is 29.1 Å². The van der Waals surface area contributed by atoms with Crippen molar-refractivity contribution in [1.82, 2.24) is 20.5 Å². The van der Waals surface area contributed by atoms with Gasteiger partial charge in [-0.1, -0.05) is 13.8 Å². The molecule has 12 heteroatoms. The standard InChI is InChI=1S/C20H22F3N5O3S/c1-19(2)11-7-28(17(31)12-8-32-18(27-12)20(21,22)23)14(13(11)19)16(30)26-10(6-24)5-9-3-4-25-15(9)29/h8-11,13-14H,3-5,7H2,1-2H3,(H,25,29)(H,26,30)/t9-,10-,11-,13-,14-/m0/s1. The van der Waals surface area contributed by atoms with Crippen LogP contribution in [0.15, 0.2) is 5.38 Å². The second-order valence-electron chi connectivity index (χ2n) is 9.09. The van der Waals surface area contributed by atoms with E-state index in [2.05, 4.69) is 15.6 Å². The van der Waals surface area contributed by atoms with Gasteiger partial charge < -0.3 is 15.5 Å². The Morgan fingerprint density at radius 2 is 2.19 bits per heavy atom. The van der Waals surface area contributed by atoms with Crippen molar-refractivity contribution in [2.45, 2.75) is 44.9 Å². The summed E-state index contributed by atoms with van der Waals surface area (Å²) in [6.07, 6.45) is -3.92. The van der Waals surface area contributed by atoms with Gasteiger partial charge in [-0.2, -0.15) is 18.4 Å². The Labute approximate surface area is 186 Å². The molecule has 3 aliphatic rings. The fourth-order valence-electron chi connectivity index (χ4n) is 5.00. The average Bonchev–Trinajstić information content (AvgIpc) is 3.26. The summed E-state index contributed by atoms with van der Waals surface area (Å²) in [6, 6.07) is 0.176. The van der Waals surface area contributed by atoms with Gasteiger partial charge in [0.2, 0.25) is 11.8 Å². The average molecular weight is 469 g/mol. The van der Waals surface area contributed by atoms with Gasteiger partial charge in [-0.15, -0.1) is 11.3 Å². The van der Waals surface area contributed by atoms with Gasteiger partial charge in [0.1, 0.15) is 17.8 Å². The topological polar surface area (TPSA) is 115 Å². The summed E-state index contributed by atoms with van der Waals surface area (Å²) in [5, 5.41) is 14.7. The van der Waals surface area contributed by atoms with E-state index in [0.717, 1.165) is 5.38 Å². The van der Waals surface area contributed by atoms with Gasteiger partial charge in [0, 0.05) is 24.4 Å². The molecule has 0 bridgehead atoms. The maximum Gasteiger partial charge on any atom is 0.443 e. The number of likely N-dealkylation sites (tertiary alicyclic amines) is 1. The molecule has 2 saturated heterocycles. The first-order valence-corrected chi connectivity index (χ1v) is 11.1. The molecule has 0 spiro atoms. The number of amides is 3. The lowest BCUT2D eigenvalue weighted by Gasteiger charge is -2.30. The number of carbonyl (C=O) groups is 3. The van der Waals surface area contributed by atoms with E-state index in [9.17, 15) is 32.8 Å². The zero-order valence-electron chi connectivity index (χ0n) is 17.4. The van der Waals surface area contributed by atoms with Crippen molar-refractivity contribution in [1.29, 1.82) is 5.26 Å². The summed E-state index contributed by atoms with van der Waals surface area (Å²) in [6.45, 7) is 4.70. The fourth-order valence-corrected chi connectivity index (χ4v) is 5.66. The number of hydrogen-bond donors (Lipinski definition) is 2. The fraction of sp³-hybridized carbons (Fsp3) is 0.650. The van der Waals surface area contributed by atoms with Gasteiger partial charge in [-0.05, 0) is 30.1 Å². The molecule has 0 aromatic carbocycles. The summed E-state index contributed by atoms with van der Waals surface area (Å²) < 4.78 is 38.7. The largest absolute Gasteiger partial charge is 0.443 e. The highest BCUT2D eigenvalue weighted by Crippen LogP contribution is 2.65. The van der Waals surface area contributed by atoms with Crippen LogP contribution >= 0.6 is 11.3 Å². The van der Waals surface area contributed by atoms with E-state index >= 15 is 0 Å². The Hall–Kier alpha value is -2.68. The van der Waals surface area contributed by atoms with Crippen LogP contribution < -0.4 is 10.6 Å². The van der Waals surface area contributed by atoms with E-state index in [1.54, 1.807) is 0 Å². The second-order valence-corrected chi connectivity index (χ2v) is 9.95. The summed E-state index contributed by atoms with van der Waals surface area (Å²) in [5.74, 6) is -1.94. The second kappa shape index (κ2) is 7.72. The predicted molar refractivity (Wildman–Crippen MR) is 106 cm³/mol. The molecule has 1 aliphatic carbocycles. The first kappa shape index (κ1) is 22.5. The maximum absolute atomic E-state index is 13.2. The van der Waals surface area contributed by atoms with Gasteiger partial charge in [0.05, 0.1) is 6.07 Å². The quantitative estimate of drug-likeness (QED) is 0.682. The molecule has 0 unspecified atom stereocenters. The summed E-state index contributed by atoms with van der Waals surface area (Å²) in [4.78, 5) is 42.6. The maximum atomic E-state index is 13.2. The van der Waals surface area contributed by atoms with E-state index < -0.39 is 35.1 Å². The zero-order valence-corrected chi connectivity index (χ0v) is 18.2. The molecule has 5 atom stereocenters. The lowest BCUT2D eigenvalue weighted by atomic mass is 9.97. The van der Waals surface area contributed by atoms with Crippen molar-refractivity contribution in [3.63, 3.8) is 0 Å². The molecule has 1 aromatic heterocycles. The number of carbonyl (C=O) groups excluding carboxylic acids is 3. The smallest absolute Gasteiger partial charge is 0.356 e. The number of thiazole rings is 1. The SMILES string of the molecule is CC1(C)[C@@H]2[C@@H](C(=O)N[C@H](C#N)C[C@@H]3CCNC3=O)N(C(=O)c3csc(C(F)(F)F)n3)C[C@@H]21. The predicted octanol–water partition coefficient (Wildman–Crippen LogP) is 1.79. The molecule has 3 amide bonds. The molecule has 32 heavy (non-hydrogen) atoms. The lowest BCUT2D eigenvalue weighted by molar-refractivity contribution is -0.137. The summed E-state index contributed by atoms with van der Waals surface area (Å²) in [7, 11) is 0. The molecule has 1 saturated carbocycles. The van der Waals surface area contributed by atoms with Crippen LogP contribution in [0.5, 0.6) is 0 Å². The molecular formula is C20H22F3N5O3S. The monoisotopic (exact) mass is 469 g/mol. The van der Waals surface area contributed by atoms with Gasteiger partial charge >= 0.3 is 6.18 Å². The number of fused-ring (bicyclic) bond motifs is 1. The third kappa shape index (κ3) is 3.83. The normalized spacial score (nSPS) is 29.1. The minimum absolute atomic E-state index is 0.0315. The molecule has 4 rings (SSSR count). The summed E-state index contributed by atoms with van der Waals surface area (Å²) in [5.41, 5.74) is -0.551. The van der Waals surface area contributed by atoms with Crippen LogP contribution in [0.4, 0.5) is 13.2 Å².